The number of amides is 1. The Morgan fingerprint density at radius 2 is 1.53 bits per heavy atom. The molecule has 0 bridgehead atoms. The van der Waals surface area contributed by atoms with Crippen LogP contribution in [0.5, 0.6) is 11.5 Å². The molecule has 246 valence electrons. The van der Waals surface area contributed by atoms with Gasteiger partial charge in [0.25, 0.3) is 5.91 Å². The molecule has 47 heavy (non-hydrogen) atoms. The van der Waals surface area contributed by atoms with Crippen molar-refractivity contribution >= 4 is 48.1 Å². The van der Waals surface area contributed by atoms with E-state index in [0.29, 0.717) is 28.1 Å². The molecule has 4 aromatic rings. The summed E-state index contributed by atoms with van der Waals surface area (Å²) in [5.41, 5.74) is 5.08. The SMILES string of the molecule is COc1cc(/C=N\NC(=O)[C@H]2CN(S(=O)(=O)c3ccccc3)CCN2S(=O)(=O)c2ccccc2)cc(Br)c1OCc1ccc(C)cc1. The van der Waals surface area contributed by atoms with Crippen LogP contribution in [-0.2, 0) is 31.4 Å². The number of carbonyl (C=O) groups excluding carboxylic acids is 1. The second-order valence-corrected chi connectivity index (χ2v) is 15.3. The number of hydrogen-bond donors (Lipinski definition) is 1. The van der Waals surface area contributed by atoms with E-state index in [1.807, 2.05) is 31.2 Å². The second kappa shape index (κ2) is 14.8. The zero-order chi connectivity index (χ0) is 33.6. The molecule has 1 fully saturated rings. The van der Waals surface area contributed by atoms with Crippen LogP contribution in [0.3, 0.4) is 0 Å². The van der Waals surface area contributed by atoms with Gasteiger partial charge in [-0.05, 0) is 70.4 Å². The van der Waals surface area contributed by atoms with E-state index in [1.165, 1.54) is 37.6 Å². The van der Waals surface area contributed by atoms with Gasteiger partial charge in [0.1, 0.15) is 12.6 Å². The van der Waals surface area contributed by atoms with Crippen molar-refractivity contribution in [2.75, 3.05) is 26.7 Å². The number of benzene rings is 4. The van der Waals surface area contributed by atoms with Gasteiger partial charge in [-0.2, -0.15) is 13.7 Å². The molecule has 1 saturated heterocycles. The lowest BCUT2D eigenvalue weighted by molar-refractivity contribution is -0.125. The summed E-state index contributed by atoms with van der Waals surface area (Å²) in [6.45, 7) is 1.55. The Balaban J connectivity index is 1.36. The molecule has 4 aromatic carbocycles. The van der Waals surface area contributed by atoms with Gasteiger partial charge in [-0.25, -0.2) is 22.3 Å². The predicted octanol–water partition coefficient (Wildman–Crippen LogP) is 4.56. The maximum atomic E-state index is 13.6. The maximum Gasteiger partial charge on any atom is 0.259 e. The van der Waals surface area contributed by atoms with Crippen molar-refractivity contribution in [2.45, 2.75) is 29.4 Å². The van der Waals surface area contributed by atoms with Crippen molar-refractivity contribution in [1.82, 2.24) is 14.0 Å². The number of nitrogens with one attached hydrogen (secondary N) is 1. The molecule has 1 atom stereocenters. The molecule has 11 nitrogen and oxygen atoms in total. The predicted molar refractivity (Wildman–Crippen MR) is 181 cm³/mol. The van der Waals surface area contributed by atoms with Crippen LogP contribution < -0.4 is 14.9 Å². The van der Waals surface area contributed by atoms with Crippen molar-refractivity contribution in [2.24, 2.45) is 5.10 Å². The highest BCUT2D eigenvalue weighted by Crippen LogP contribution is 2.37. The highest BCUT2D eigenvalue weighted by molar-refractivity contribution is 9.10. The monoisotopic (exact) mass is 740 g/mol. The average Bonchev–Trinajstić information content (AvgIpc) is 3.08. The molecule has 0 aliphatic carbocycles. The highest BCUT2D eigenvalue weighted by atomic mass is 79.9. The third kappa shape index (κ3) is 7.91. The van der Waals surface area contributed by atoms with Crippen LogP contribution in [-0.4, -0.2) is 70.4 Å². The maximum absolute atomic E-state index is 13.6. The largest absolute Gasteiger partial charge is 0.493 e. The van der Waals surface area contributed by atoms with Gasteiger partial charge in [-0.1, -0.05) is 66.2 Å². The number of halogens is 1. The van der Waals surface area contributed by atoms with E-state index in [4.69, 9.17) is 9.47 Å². The second-order valence-electron chi connectivity index (χ2n) is 10.7. The molecule has 1 N–H and O–H groups in total. The Morgan fingerprint density at radius 3 is 2.15 bits per heavy atom. The summed E-state index contributed by atoms with van der Waals surface area (Å²) in [7, 11) is -6.65. The van der Waals surface area contributed by atoms with E-state index in [-0.39, 0.29) is 22.9 Å². The lowest BCUT2D eigenvalue weighted by Gasteiger charge is -2.38. The first-order valence-corrected chi connectivity index (χ1v) is 18.2. The fourth-order valence-corrected chi connectivity index (χ4v) is 8.59. The third-order valence-corrected chi connectivity index (χ3v) is 11.9. The van der Waals surface area contributed by atoms with Crippen molar-refractivity contribution in [3.63, 3.8) is 0 Å². The first-order valence-electron chi connectivity index (χ1n) is 14.5. The van der Waals surface area contributed by atoms with Crippen molar-refractivity contribution in [3.05, 3.63) is 118 Å². The molecule has 5 rings (SSSR count). The summed E-state index contributed by atoms with van der Waals surface area (Å²) in [4.78, 5) is 13.6. The first-order chi connectivity index (χ1) is 22.5. The standard InChI is InChI=1S/C33H33BrN4O7S2/c1-24-13-15-25(16-14-24)23-45-32-29(34)19-26(20-31(32)44-2)21-35-36-33(39)30-22-37(46(40,41)27-9-5-3-6-10-27)17-18-38(30)47(42,43)28-11-7-4-8-12-28/h3-16,19-21,30H,17-18,22-23H2,1-2H3,(H,36,39)/b35-21-/t30-/m1/s1. The van der Waals surface area contributed by atoms with Crippen molar-refractivity contribution in [3.8, 4) is 11.5 Å². The molecule has 1 heterocycles. The summed E-state index contributed by atoms with van der Waals surface area (Å²) >= 11 is 3.51. The minimum atomic E-state index is -4.15. The van der Waals surface area contributed by atoms with Gasteiger partial charge in [0.05, 0.1) is 27.6 Å². The van der Waals surface area contributed by atoms with Gasteiger partial charge in [-0.15, -0.1) is 0 Å². The molecule has 1 aliphatic rings. The molecule has 1 aliphatic heterocycles. The van der Waals surface area contributed by atoms with Crippen LogP contribution in [0.1, 0.15) is 16.7 Å². The number of sulfonamides is 2. The zero-order valence-corrected chi connectivity index (χ0v) is 28.8. The minimum Gasteiger partial charge on any atom is -0.493 e. The van der Waals surface area contributed by atoms with Crippen LogP contribution in [0.25, 0.3) is 0 Å². The quantitative estimate of drug-likeness (QED) is 0.176. The molecule has 1 amide bonds. The molecule has 14 heteroatoms. The smallest absolute Gasteiger partial charge is 0.259 e. The van der Waals surface area contributed by atoms with E-state index in [2.05, 4.69) is 26.5 Å². The van der Waals surface area contributed by atoms with E-state index >= 15 is 0 Å². The zero-order valence-electron chi connectivity index (χ0n) is 25.6. The Bertz CT molecular complexity index is 1960. The third-order valence-electron chi connectivity index (χ3n) is 7.47. The fraction of sp³-hybridized carbons (Fsp3) is 0.212. The molecule has 0 unspecified atom stereocenters. The Hall–Kier alpha value is -4.08. The van der Waals surface area contributed by atoms with Crippen LogP contribution in [0.2, 0.25) is 0 Å². The number of ether oxygens (including phenoxy) is 2. The number of piperazine rings is 1. The van der Waals surface area contributed by atoms with Gasteiger partial charge < -0.3 is 9.47 Å². The van der Waals surface area contributed by atoms with Crippen LogP contribution >= 0.6 is 15.9 Å². The summed E-state index contributed by atoms with van der Waals surface area (Å²) < 4.78 is 68.3. The Kier molecular flexibility index (Phi) is 10.8. The number of nitrogens with zero attached hydrogens (tertiary/aromatic N) is 3. The van der Waals surface area contributed by atoms with Gasteiger partial charge in [0.2, 0.25) is 20.0 Å². The van der Waals surface area contributed by atoms with E-state index in [0.717, 1.165) is 19.7 Å². The van der Waals surface area contributed by atoms with E-state index < -0.39 is 38.5 Å². The molecule has 0 radical (unpaired) electrons. The van der Waals surface area contributed by atoms with E-state index in [9.17, 15) is 21.6 Å². The number of aryl methyl sites for hydroxylation is 1. The molecule has 0 saturated carbocycles. The lowest BCUT2D eigenvalue weighted by atomic mass is 10.2. The van der Waals surface area contributed by atoms with Gasteiger partial charge in [0, 0.05) is 19.6 Å². The van der Waals surface area contributed by atoms with Crippen molar-refractivity contribution < 1.29 is 31.1 Å². The Labute approximate surface area is 283 Å². The minimum absolute atomic E-state index is 0.0118. The van der Waals surface area contributed by atoms with Crippen molar-refractivity contribution in [1.29, 1.82) is 0 Å². The molecular weight excluding hydrogens is 708 g/mol. The van der Waals surface area contributed by atoms with Crippen LogP contribution in [0.15, 0.2) is 116 Å². The molecule has 0 aromatic heterocycles. The van der Waals surface area contributed by atoms with Gasteiger partial charge >= 0.3 is 0 Å². The topological polar surface area (TPSA) is 135 Å². The first kappa shape index (κ1) is 34.3. The lowest BCUT2D eigenvalue weighted by Crippen LogP contribution is -2.60. The number of hydrogen-bond acceptors (Lipinski definition) is 8. The number of carbonyl (C=O) groups is 1. The van der Waals surface area contributed by atoms with Gasteiger partial charge in [-0.3, -0.25) is 4.79 Å². The van der Waals surface area contributed by atoms with Gasteiger partial charge in [0.15, 0.2) is 11.5 Å². The normalized spacial score (nSPS) is 16.2. The van der Waals surface area contributed by atoms with Crippen LogP contribution in [0.4, 0.5) is 0 Å². The molecular formula is C33H33BrN4O7S2. The summed E-state index contributed by atoms with van der Waals surface area (Å²) in [5, 5.41) is 4.07. The summed E-state index contributed by atoms with van der Waals surface area (Å²) in [5.74, 6) is 0.115. The average molecular weight is 742 g/mol. The summed E-state index contributed by atoms with van der Waals surface area (Å²) in [6, 6.07) is 25.4. The molecule has 0 spiro atoms. The van der Waals surface area contributed by atoms with E-state index in [1.54, 1.807) is 48.5 Å². The summed E-state index contributed by atoms with van der Waals surface area (Å²) in [6.07, 6.45) is 1.37. The fourth-order valence-electron chi connectivity index (χ4n) is 4.97. The number of methoxy groups -OCH3 is 1. The Morgan fingerprint density at radius 1 is 0.915 bits per heavy atom. The highest BCUT2D eigenvalue weighted by Gasteiger charge is 2.43. The number of hydrazone groups is 1. The number of rotatable bonds is 11. The van der Waals surface area contributed by atoms with Crippen LogP contribution in [0, 0.1) is 6.92 Å².